The predicted molar refractivity (Wildman–Crippen MR) is 59.5 cm³/mol. The first-order chi connectivity index (χ1) is 7.88. The Labute approximate surface area is 99.1 Å². The highest BCUT2D eigenvalue weighted by Gasteiger charge is 2.34. The summed E-state index contributed by atoms with van der Waals surface area (Å²) in [6.07, 6.45) is -3.27. The molecule has 2 aromatic heterocycles. The first-order valence-corrected chi connectivity index (χ1v) is 5.51. The van der Waals surface area contributed by atoms with E-state index < -0.39 is 11.9 Å². The number of nitrogen functional groups attached to an aromatic ring is 1. The highest BCUT2D eigenvalue weighted by Crippen LogP contribution is 2.32. The van der Waals surface area contributed by atoms with Crippen molar-refractivity contribution in [3.63, 3.8) is 0 Å². The van der Waals surface area contributed by atoms with Gasteiger partial charge < -0.3 is 5.73 Å². The minimum Gasteiger partial charge on any atom is -0.383 e. The number of thiazole rings is 1. The van der Waals surface area contributed by atoms with Gasteiger partial charge in [0.05, 0.1) is 0 Å². The largest absolute Gasteiger partial charge is 0.433 e. The topological polar surface area (TPSA) is 51.8 Å². The molecule has 0 aromatic carbocycles. The van der Waals surface area contributed by atoms with Crippen molar-refractivity contribution in [2.75, 3.05) is 5.73 Å². The highest BCUT2D eigenvalue weighted by molar-refractivity contribution is 7.13. The van der Waals surface area contributed by atoms with Gasteiger partial charge >= 0.3 is 6.18 Å². The molecule has 0 atom stereocenters. The van der Waals surface area contributed by atoms with E-state index in [4.69, 9.17) is 5.73 Å². The van der Waals surface area contributed by atoms with Crippen LogP contribution in [0.25, 0.3) is 10.6 Å². The van der Waals surface area contributed by atoms with E-state index in [1.807, 2.05) is 0 Å². The number of nitrogens with zero attached hydrogens (tertiary/aromatic N) is 2. The molecule has 0 saturated carbocycles. The summed E-state index contributed by atoms with van der Waals surface area (Å²) in [5.74, 6) is 0.350. The first-order valence-electron chi connectivity index (χ1n) is 4.63. The number of hydrogen-bond donors (Lipinski definition) is 1. The van der Waals surface area contributed by atoms with E-state index in [1.54, 1.807) is 5.38 Å². The maximum atomic E-state index is 12.5. The zero-order chi connectivity index (χ0) is 12.6. The monoisotopic (exact) mass is 259 g/mol. The minimum absolute atomic E-state index is 0.0729. The van der Waals surface area contributed by atoms with Crippen LogP contribution in [0.5, 0.6) is 0 Å². The summed E-state index contributed by atoms with van der Waals surface area (Å²) in [4.78, 5) is 7.42. The molecule has 2 N–H and O–H groups in total. The third-order valence-electron chi connectivity index (χ3n) is 2.12. The lowest BCUT2D eigenvalue weighted by atomic mass is 10.1. The van der Waals surface area contributed by atoms with Crippen LogP contribution in [-0.2, 0) is 6.18 Å². The van der Waals surface area contributed by atoms with Gasteiger partial charge in [-0.15, -0.1) is 11.3 Å². The van der Waals surface area contributed by atoms with Gasteiger partial charge in [-0.2, -0.15) is 13.2 Å². The van der Waals surface area contributed by atoms with Crippen molar-refractivity contribution in [3.05, 3.63) is 28.9 Å². The number of aromatic nitrogens is 2. The zero-order valence-corrected chi connectivity index (χ0v) is 9.56. The van der Waals surface area contributed by atoms with Crippen LogP contribution in [0, 0.1) is 6.92 Å². The second-order valence-electron chi connectivity index (χ2n) is 3.46. The molecule has 0 radical (unpaired) electrons. The smallest absolute Gasteiger partial charge is 0.383 e. The molecule has 0 saturated heterocycles. The maximum Gasteiger partial charge on any atom is 0.433 e. The lowest BCUT2D eigenvalue weighted by Gasteiger charge is -2.09. The molecular formula is C10H8F3N3S. The first kappa shape index (κ1) is 11.8. The van der Waals surface area contributed by atoms with Crippen LogP contribution in [0.1, 0.15) is 11.3 Å². The van der Waals surface area contributed by atoms with E-state index in [9.17, 15) is 13.2 Å². The second kappa shape index (κ2) is 3.99. The molecule has 3 nitrogen and oxygen atoms in total. The van der Waals surface area contributed by atoms with Crippen LogP contribution in [0.4, 0.5) is 19.0 Å². The SMILES string of the molecule is Cc1cc(-c2nc(N)cs2)cnc1C(F)(F)F. The summed E-state index contributed by atoms with van der Waals surface area (Å²) in [5.41, 5.74) is 5.19. The normalized spacial score (nSPS) is 11.8. The van der Waals surface area contributed by atoms with Crippen LogP contribution in [0.15, 0.2) is 17.6 Å². The average Bonchev–Trinajstić information content (AvgIpc) is 2.62. The lowest BCUT2D eigenvalue weighted by Crippen LogP contribution is -2.10. The van der Waals surface area contributed by atoms with Gasteiger partial charge in [0.15, 0.2) is 0 Å². The fraction of sp³-hybridized carbons (Fsp3) is 0.200. The summed E-state index contributed by atoms with van der Waals surface area (Å²) in [5, 5.41) is 2.19. The Kier molecular flexibility index (Phi) is 2.78. The van der Waals surface area contributed by atoms with E-state index in [0.29, 0.717) is 16.4 Å². The number of nitrogens with two attached hydrogens (primary N) is 1. The van der Waals surface area contributed by atoms with Crippen LogP contribution < -0.4 is 5.73 Å². The molecule has 2 aromatic rings. The molecule has 0 amide bonds. The number of halogens is 3. The van der Waals surface area contributed by atoms with E-state index >= 15 is 0 Å². The second-order valence-corrected chi connectivity index (χ2v) is 4.32. The average molecular weight is 259 g/mol. The third-order valence-corrected chi connectivity index (χ3v) is 3.03. The molecule has 0 aliphatic heterocycles. The molecule has 7 heteroatoms. The summed E-state index contributed by atoms with van der Waals surface area (Å²) in [6.45, 7) is 1.37. The number of aryl methyl sites for hydroxylation is 1. The van der Waals surface area contributed by atoms with E-state index in [0.717, 1.165) is 6.20 Å². The van der Waals surface area contributed by atoms with Gasteiger partial charge in [0.2, 0.25) is 0 Å². The van der Waals surface area contributed by atoms with Gasteiger partial charge in [-0.05, 0) is 18.6 Å². The summed E-state index contributed by atoms with van der Waals surface area (Å²) >= 11 is 1.27. The zero-order valence-electron chi connectivity index (χ0n) is 8.75. The van der Waals surface area contributed by atoms with Crippen LogP contribution >= 0.6 is 11.3 Å². The molecule has 2 rings (SSSR count). The van der Waals surface area contributed by atoms with E-state index in [1.165, 1.54) is 24.3 Å². The lowest BCUT2D eigenvalue weighted by molar-refractivity contribution is -0.141. The number of rotatable bonds is 1. The molecule has 0 aliphatic carbocycles. The number of hydrogen-bond acceptors (Lipinski definition) is 4. The third kappa shape index (κ3) is 2.38. The molecule has 0 fully saturated rings. The molecule has 0 unspecified atom stereocenters. The Morgan fingerprint density at radius 1 is 1.35 bits per heavy atom. The Bertz CT molecular complexity index is 548. The summed E-state index contributed by atoms with van der Waals surface area (Å²) < 4.78 is 37.5. The molecule has 0 bridgehead atoms. The Balaban J connectivity index is 2.44. The predicted octanol–water partition coefficient (Wildman–Crippen LogP) is 3.11. The van der Waals surface area contributed by atoms with Crippen LogP contribution in [0.3, 0.4) is 0 Å². The van der Waals surface area contributed by atoms with Gasteiger partial charge in [0.1, 0.15) is 16.5 Å². The minimum atomic E-state index is -4.43. The summed E-state index contributed by atoms with van der Waals surface area (Å²) in [7, 11) is 0. The molecule has 17 heavy (non-hydrogen) atoms. The Hall–Kier alpha value is -1.63. The van der Waals surface area contributed by atoms with Crippen molar-refractivity contribution >= 4 is 17.2 Å². The van der Waals surface area contributed by atoms with Gasteiger partial charge in [-0.3, -0.25) is 4.98 Å². The van der Waals surface area contributed by atoms with Crippen LogP contribution in [0.2, 0.25) is 0 Å². The van der Waals surface area contributed by atoms with E-state index in [2.05, 4.69) is 9.97 Å². The number of alkyl halides is 3. The van der Waals surface area contributed by atoms with Crippen molar-refractivity contribution < 1.29 is 13.2 Å². The molecular weight excluding hydrogens is 251 g/mol. The van der Waals surface area contributed by atoms with E-state index in [-0.39, 0.29) is 5.56 Å². The summed E-state index contributed by atoms with van der Waals surface area (Å²) in [6, 6.07) is 1.41. The quantitative estimate of drug-likeness (QED) is 0.856. The van der Waals surface area contributed by atoms with Gasteiger partial charge in [-0.25, -0.2) is 4.98 Å². The van der Waals surface area contributed by atoms with Gasteiger partial charge in [-0.1, -0.05) is 0 Å². The molecule has 0 spiro atoms. The molecule has 2 heterocycles. The number of anilines is 1. The van der Waals surface area contributed by atoms with Gasteiger partial charge in [0, 0.05) is 17.1 Å². The molecule has 0 aliphatic rings. The fourth-order valence-electron chi connectivity index (χ4n) is 1.41. The van der Waals surface area contributed by atoms with Crippen molar-refractivity contribution in [1.29, 1.82) is 0 Å². The number of pyridine rings is 1. The Morgan fingerprint density at radius 2 is 2.06 bits per heavy atom. The van der Waals surface area contributed by atoms with Crippen molar-refractivity contribution in [3.8, 4) is 10.6 Å². The van der Waals surface area contributed by atoms with Crippen molar-refractivity contribution in [2.45, 2.75) is 13.1 Å². The van der Waals surface area contributed by atoms with Crippen molar-refractivity contribution in [2.24, 2.45) is 0 Å². The van der Waals surface area contributed by atoms with Crippen LogP contribution in [-0.4, -0.2) is 9.97 Å². The van der Waals surface area contributed by atoms with Crippen molar-refractivity contribution in [1.82, 2.24) is 9.97 Å². The standard InChI is InChI=1S/C10H8F3N3S/c1-5-2-6(9-16-7(14)4-17-9)3-15-8(5)10(11,12)13/h2-4H,14H2,1H3. The Morgan fingerprint density at radius 3 is 2.53 bits per heavy atom. The van der Waals surface area contributed by atoms with Gasteiger partial charge in [0.25, 0.3) is 0 Å². The highest BCUT2D eigenvalue weighted by atomic mass is 32.1. The molecule has 90 valence electrons. The maximum absolute atomic E-state index is 12.5. The fourth-order valence-corrected chi connectivity index (χ4v) is 2.10.